The molecule has 21 nitrogen and oxygen atoms in total. The Morgan fingerprint density at radius 2 is 1.51 bits per heavy atom. The molecule has 2 aromatic carbocycles. The molecule has 1 aliphatic rings. The Morgan fingerprint density at radius 1 is 0.831 bits per heavy atom. The summed E-state index contributed by atoms with van der Waals surface area (Å²) >= 11 is 0. The van der Waals surface area contributed by atoms with E-state index in [0.717, 1.165) is 15.8 Å². The molecule has 1 saturated heterocycles. The summed E-state index contributed by atoms with van der Waals surface area (Å²) < 4.78 is 0. The molecular weight excluding hydrogens is 849 g/mol. The molecule has 4 rings (SSSR count). The zero-order valence-electron chi connectivity index (χ0n) is 36.5. The Balaban J connectivity index is 1.62. The highest BCUT2D eigenvalue weighted by atomic mass is 16.4. The number of likely N-dealkylation sites (tertiary alicyclic amines) is 1. The number of nitrogens with zero attached hydrogens (tertiary/aromatic N) is 2. The lowest BCUT2D eigenvalue weighted by Crippen LogP contribution is -2.60. The van der Waals surface area contributed by atoms with Crippen molar-refractivity contribution < 1.29 is 63.6 Å². The standard InChI is InChI=1S/C44H58N8O13/c1-4-5-11-34(40(60)50-33(44(64)65)22-37(56)57)51(3)42(62)32(21-26-23-46-30-10-7-6-9-28(26)30)49-41(61)35-12-8-19-52(35)43(63)31(20-25-13-15-27(53)16-14-25)48-38(58)24(2)47-39(59)29(45)17-18-36(54)55/h6-7,9-10,13-16,23-24,29,31-35,46,53H,4-5,8,11-12,17-22,45H2,1-3H3,(H,47,59)(H,48,58)(H,49,61)(H,50,60)(H,54,55)(H,56,57)(H,64,65)/t24-,29+,31-,32-,33-,34-,35-/m0/s1. The van der Waals surface area contributed by atoms with Crippen LogP contribution < -0.4 is 27.0 Å². The SMILES string of the molecule is CCCC[C@@H](C(=O)N[C@@H](CC(=O)O)C(=O)O)N(C)C(=O)[C@H](Cc1c[nH]c2ccccc12)NC(=O)[C@@H]1CCCN1C(=O)[C@H](Cc1ccc(O)cc1)NC(=O)[C@H](C)NC(=O)[C@H](N)CCC(=O)O. The van der Waals surface area contributed by atoms with Crippen molar-refractivity contribution in [3.05, 3.63) is 65.9 Å². The van der Waals surface area contributed by atoms with E-state index >= 15 is 0 Å². The minimum absolute atomic E-state index is 0.0464. The highest BCUT2D eigenvalue weighted by Gasteiger charge is 2.41. The zero-order chi connectivity index (χ0) is 48.0. The maximum absolute atomic E-state index is 14.6. The van der Waals surface area contributed by atoms with Crippen LogP contribution in [-0.4, -0.2) is 144 Å². The topological polar surface area (TPSA) is 331 Å². The molecule has 0 aliphatic carbocycles. The van der Waals surface area contributed by atoms with Gasteiger partial charge in [0, 0.05) is 50.0 Å². The van der Waals surface area contributed by atoms with Crippen LogP contribution in [0.5, 0.6) is 5.75 Å². The molecule has 1 aromatic heterocycles. The van der Waals surface area contributed by atoms with Gasteiger partial charge in [-0.05, 0) is 61.9 Å². The smallest absolute Gasteiger partial charge is 0.326 e. The first kappa shape index (κ1) is 50.6. The highest BCUT2D eigenvalue weighted by molar-refractivity contribution is 5.98. The van der Waals surface area contributed by atoms with Crippen LogP contribution in [0.4, 0.5) is 0 Å². The van der Waals surface area contributed by atoms with Gasteiger partial charge in [-0.1, -0.05) is 50.1 Å². The molecule has 0 saturated carbocycles. The maximum Gasteiger partial charge on any atom is 0.326 e. The van der Waals surface area contributed by atoms with Crippen LogP contribution in [0.15, 0.2) is 54.7 Å². The van der Waals surface area contributed by atoms with E-state index in [1.807, 2.05) is 25.1 Å². The number of carbonyl (C=O) groups is 9. The number of amides is 6. The molecule has 21 heteroatoms. The molecule has 1 fully saturated rings. The number of carboxylic acids is 3. The van der Waals surface area contributed by atoms with Gasteiger partial charge < -0.3 is 62.2 Å². The molecule has 11 N–H and O–H groups in total. The number of para-hydroxylation sites is 1. The lowest BCUT2D eigenvalue weighted by molar-refractivity contribution is -0.149. The molecule has 1 aliphatic heterocycles. The molecule has 2 heterocycles. The molecule has 3 aromatic rings. The number of aromatic amines is 1. The minimum Gasteiger partial charge on any atom is -0.508 e. The third kappa shape index (κ3) is 14.2. The highest BCUT2D eigenvalue weighted by Crippen LogP contribution is 2.24. The van der Waals surface area contributed by atoms with Crippen molar-refractivity contribution in [2.45, 2.75) is 120 Å². The predicted molar refractivity (Wildman–Crippen MR) is 233 cm³/mol. The number of rotatable bonds is 24. The van der Waals surface area contributed by atoms with Crippen LogP contribution in [-0.2, 0) is 56.0 Å². The van der Waals surface area contributed by atoms with Gasteiger partial charge in [0.05, 0.1) is 12.5 Å². The number of carbonyl (C=O) groups excluding carboxylic acids is 6. The van der Waals surface area contributed by atoms with Gasteiger partial charge in [-0.15, -0.1) is 0 Å². The zero-order valence-corrected chi connectivity index (χ0v) is 36.5. The first-order valence-electron chi connectivity index (χ1n) is 21.3. The second-order valence-electron chi connectivity index (χ2n) is 16.1. The predicted octanol–water partition coefficient (Wildman–Crippen LogP) is 0.377. The molecule has 352 valence electrons. The van der Waals surface area contributed by atoms with Crippen LogP contribution in [0.1, 0.15) is 76.3 Å². The molecule has 0 radical (unpaired) electrons. The first-order valence-corrected chi connectivity index (χ1v) is 21.3. The van der Waals surface area contributed by atoms with Gasteiger partial charge in [0.25, 0.3) is 0 Å². The van der Waals surface area contributed by atoms with Crippen LogP contribution >= 0.6 is 0 Å². The lowest BCUT2D eigenvalue weighted by atomic mass is 10.0. The number of aromatic nitrogens is 1. The number of hydrogen-bond donors (Lipinski definition) is 10. The molecule has 6 amide bonds. The number of benzene rings is 2. The number of fused-ring (bicyclic) bond motifs is 1. The number of aromatic hydroxyl groups is 1. The second-order valence-corrected chi connectivity index (χ2v) is 16.1. The average Bonchev–Trinajstić information content (AvgIpc) is 3.93. The van der Waals surface area contributed by atoms with Crippen molar-refractivity contribution in [3.63, 3.8) is 0 Å². The van der Waals surface area contributed by atoms with Gasteiger partial charge in [0.15, 0.2) is 0 Å². The van der Waals surface area contributed by atoms with E-state index in [0.29, 0.717) is 30.4 Å². The minimum atomic E-state index is -1.78. The normalized spacial score (nSPS) is 16.2. The molecule has 65 heavy (non-hydrogen) atoms. The third-order valence-electron chi connectivity index (χ3n) is 11.2. The molecule has 0 spiro atoms. The van der Waals surface area contributed by atoms with E-state index < -0.39 is 102 Å². The average molecular weight is 907 g/mol. The number of phenolic OH excluding ortho intramolecular Hbond substituents is 1. The number of nitrogens with two attached hydrogens (primary N) is 1. The van der Waals surface area contributed by atoms with Gasteiger partial charge in [-0.25, -0.2) is 4.79 Å². The van der Waals surface area contributed by atoms with Crippen LogP contribution in [0.3, 0.4) is 0 Å². The fourth-order valence-corrected chi connectivity index (χ4v) is 7.59. The van der Waals surface area contributed by atoms with E-state index in [1.54, 1.807) is 24.4 Å². The fraction of sp³-hybridized carbons (Fsp3) is 0.477. The number of H-pyrrole nitrogens is 1. The van der Waals surface area contributed by atoms with E-state index in [2.05, 4.69) is 26.3 Å². The van der Waals surface area contributed by atoms with Gasteiger partial charge in [-0.2, -0.15) is 0 Å². The van der Waals surface area contributed by atoms with E-state index in [4.69, 9.17) is 10.8 Å². The number of unbranched alkanes of at least 4 members (excludes halogenated alkanes) is 1. The van der Waals surface area contributed by atoms with Crippen molar-refractivity contribution in [3.8, 4) is 5.75 Å². The van der Waals surface area contributed by atoms with Gasteiger partial charge in [-0.3, -0.25) is 38.4 Å². The molecular formula is C44H58N8O13. The fourth-order valence-electron chi connectivity index (χ4n) is 7.59. The monoisotopic (exact) mass is 906 g/mol. The van der Waals surface area contributed by atoms with Crippen molar-refractivity contribution in [2.75, 3.05) is 13.6 Å². The molecule has 7 atom stereocenters. The molecule has 0 bridgehead atoms. The van der Waals surface area contributed by atoms with Gasteiger partial charge >= 0.3 is 17.9 Å². The summed E-state index contributed by atoms with van der Waals surface area (Å²) in [4.78, 5) is 123. The Bertz CT molecular complexity index is 2210. The van der Waals surface area contributed by atoms with Gasteiger partial charge in [0.2, 0.25) is 35.4 Å². The summed E-state index contributed by atoms with van der Waals surface area (Å²) in [6, 6.07) is 3.85. The summed E-state index contributed by atoms with van der Waals surface area (Å²) in [5, 5.41) is 48.6. The molecule has 0 unspecified atom stereocenters. The number of likely N-dealkylation sites (N-methyl/N-ethyl adjacent to an activating group) is 1. The number of carboxylic acid groups (broad SMARTS) is 3. The quantitative estimate of drug-likeness (QED) is 0.0581. The summed E-state index contributed by atoms with van der Waals surface area (Å²) in [5.74, 6) is -8.81. The van der Waals surface area contributed by atoms with E-state index in [-0.39, 0.29) is 50.8 Å². The summed E-state index contributed by atoms with van der Waals surface area (Å²) in [6.45, 7) is 3.29. The Kier molecular flexibility index (Phi) is 18.4. The van der Waals surface area contributed by atoms with Crippen LogP contribution in [0, 0.1) is 0 Å². The van der Waals surface area contributed by atoms with Gasteiger partial charge in [0.1, 0.15) is 42.0 Å². The second kappa shape index (κ2) is 23.6. The van der Waals surface area contributed by atoms with Crippen LogP contribution in [0.25, 0.3) is 10.9 Å². The lowest BCUT2D eigenvalue weighted by Gasteiger charge is -2.33. The van der Waals surface area contributed by atoms with Crippen molar-refractivity contribution in [1.82, 2.24) is 36.1 Å². The van der Waals surface area contributed by atoms with Crippen molar-refractivity contribution in [1.29, 1.82) is 0 Å². The van der Waals surface area contributed by atoms with Crippen molar-refractivity contribution in [2.24, 2.45) is 5.73 Å². The Labute approximate surface area is 374 Å². The number of aliphatic carboxylic acids is 3. The Morgan fingerprint density at radius 3 is 2.15 bits per heavy atom. The Hall–Kier alpha value is -7.03. The number of nitrogens with one attached hydrogen (secondary N) is 5. The number of phenols is 1. The third-order valence-corrected chi connectivity index (χ3v) is 11.2. The first-order chi connectivity index (χ1) is 30.8. The van der Waals surface area contributed by atoms with Crippen LogP contribution in [0.2, 0.25) is 0 Å². The van der Waals surface area contributed by atoms with Crippen molar-refractivity contribution >= 4 is 64.3 Å². The summed E-state index contributed by atoms with van der Waals surface area (Å²) in [7, 11) is 1.33. The maximum atomic E-state index is 14.6. The summed E-state index contributed by atoms with van der Waals surface area (Å²) in [5.41, 5.74) is 7.73. The van der Waals surface area contributed by atoms with E-state index in [9.17, 15) is 58.5 Å². The van der Waals surface area contributed by atoms with E-state index in [1.165, 1.54) is 31.0 Å². The summed E-state index contributed by atoms with van der Waals surface area (Å²) in [6.07, 6.45) is 1.67. The largest absolute Gasteiger partial charge is 0.508 e. The number of hydrogen-bond acceptors (Lipinski definition) is 11.